The summed E-state index contributed by atoms with van der Waals surface area (Å²) < 4.78 is 10.7. The molecule has 1 fully saturated rings. The van der Waals surface area contributed by atoms with Gasteiger partial charge in [0.25, 0.3) is 11.8 Å². The van der Waals surface area contributed by atoms with Gasteiger partial charge < -0.3 is 25.0 Å². The molecule has 2 N–H and O–H groups in total. The molecule has 0 radical (unpaired) electrons. The Morgan fingerprint density at radius 1 is 1.07 bits per heavy atom. The Balaban J connectivity index is 1.69. The van der Waals surface area contributed by atoms with Crippen molar-refractivity contribution in [3.05, 3.63) is 47.0 Å². The van der Waals surface area contributed by atoms with Crippen molar-refractivity contribution < 1.29 is 19.1 Å². The van der Waals surface area contributed by atoms with Crippen molar-refractivity contribution in [3.8, 4) is 11.5 Å². The van der Waals surface area contributed by atoms with Crippen molar-refractivity contribution in [1.82, 2.24) is 5.32 Å². The zero-order valence-corrected chi connectivity index (χ0v) is 17.9. The summed E-state index contributed by atoms with van der Waals surface area (Å²) in [7, 11) is 3.00. The van der Waals surface area contributed by atoms with Crippen LogP contribution >= 0.6 is 11.6 Å². The standard InChI is InChI=1S/C22H26ClN3O4/c1-24-21(27)14-30-19-9-6-15(12-20(19)29-2)22(28)25-16-7-8-18(17(23)13-16)26-10-4-3-5-11-26/h6-9,12-13H,3-5,10-11,14H2,1-2H3,(H,24,27)(H,25,28). The van der Waals surface area contributed by atoms with Crippen LogP contribution in [0.1, 0.15) is 29.6 Å². The Kier molecular flexibility index (Phi) is 7.41. The first-order valence-electron chi connectivity index (χ1n) is 9.89. The lowest BCUT2D eigenvalue weighted by atomic mass is 10.1. The van der Waals surface area contributed by atoms with Crippen molar-refractivity contribution in [3.63, 3.8) is 0 Å². The fourth-order valence-electron chi connectivity index (χ4n) is 3.32. The van der Waals surface area contributed by atoms with Crippen LogP contribution in [0.5, 0.6) is 11.5 Å². The van der Waals surface area contributed by atoms with Gasteiger partial charge in [-0.25, -0.2) is 0 Å². The number of halogens is 1. The van der Waals surface area contributed by atoms with Crippen molar-refractivity contribution in [2.24, 2.45) is 0 Å². The lowest BCUT2D eigenvalue weighted by molar-refractivity contribution is -0.122. The van der Waals surface area contributed by atoms with Crippen LogP contribution in [0, 0.1) is 0 Å². The lowest BCUT2D eigenvalue weighted by Crippen LogP contribution is -2.29. The highest BCUT2D eigenvalue weighted by atomic mass is 35.5. The van der Waals surface area contributed by atoms with Crippen LogP contribution in [0.4, 0.5) is 11.4 Å². The number of methoxy groups -OCH3 is 1. The number of nitrogens with zero attached hydrogens (tertiary/aromatic N) is 1. The van der Waals surface area contributed by atoms with Gasteiger partial charge in [-0.1, -0.05) is 11.6 Å². The smallest absolute Gasteiger partial charge is 0.257 e. The van der Waals surface area contributed by atoms with Gasteiger partial charge in [0, 0.05) is 31.4 Å². The third kappa shape index (κ3) is 5.36. The van der Waals surface area contributed by atoms with Gasteiger partial charge >= 0.3 is 0 Å². The van der Waals surface area contributed by atoms with E-state index in [1.807, 2.05) is 12.1 Å². The van der Waals surface area contributed by atoms with Gasteiger partial charge in [-0.15, -0.1) is 0 Å². The summed E-state index contributed by atoms with van der Waals surface area (Å²) >= 11 is 6.47. The molecule has 0 atom stereocenters. The maximum atomic E-state index is 12.7. The molecule has 0 bridgehead atoms. The van der Waals surface area contributed by atoms with E-state index in [1.165, 1.54) is 33.4 Å². The molecule has 2 aromatic carbocycles. The summed E-state index contributed by atoms with van der Waals surface area (Å²) in [5, 5.41) is 5.95. The summed E-state index contributed by atoms with van der Waals surface area (Å²) in [5.41, 5.74) is 2.01. The highest BCUT2D eigenvalue weighted by Crippen LogP contribution is 2.32. The molecule has 0 unspecified atom stereocenters. The molecule has 160 valence electrons. The van der Waals surface area contributed by atoms with Gasteiger partial charge in [-0.2, -0.15) is 0 Å². The number of piperidine rings is 1. The van der Waals surface area contributed by atoms with Crippen LogP contribution in [0.3, 0.4) is 0 Å². The minimum Gasteiger partial charge on any atom is -0.493 e. The van der Waals surface area contributed by atoms with Crippen molar-refractivity contribution in [2.75, 3.05) is 44.1 Å². The van der Waals surface area contributed by atoms with Crippen LogP contribution in [-0.2, 0) is 4.79 Å². The molecule has 0 saturated carbocycles. The monoisotopic (exact) mass is 431 g/mol. The predicted octanol–water partition coefficient (Wildman–Crippen LogP) is 3.72. The second-order valence-corrected chi connectivity index (χ2v) is 7.40. The fourth-order valence-corrected chi connectivity index (χ4v) is 3.62. The van der Waals surface area contributed by atoms with Gasteiger partial charge in [0.2, 0.25) is 0 Å². The van der Waals surface area contributed by atoms with Crippen LogP contribution in [0.15, 0.2) is 36.4 Å². The number of rotatable bonds is 7. The first-order chi connectivity index (χ1) is 14.5. The molecule has 2 aromatic rings. The Morgan fingerprint density at radius 3 is 2.50 bits per heavy atom. The summed E-state index contributed by atoms with van der Waals surface area (Å²) in [4.78, 5) is 26.3. The number of nitrogens with one attached hydrogen (secondary N) is 2. The summed E-state index contributed by atoms with van der Waals surface area (Å²) in [6, 6.07) is 10.3. The second kappa shape index (κ2) is 10.2. The van der Waals surface area contributed by atoms with Crippen molar-refractivity contribution in [2.45, 2.75) is 19.3 Å². The number of likely N-dealkylation sites (N-methyl/N-ethyl adjacent to an activating group) is 1. The Morgan fingerprint density at radius 2 is 1.83 bits per heavy atom. The van der Waals surface area contributed by atoms with Crippen molar-refractivity contribution >= 4 is 34.8 Å². The number of carbonyl (C=O) groups excluding carboxylic acids is 2. The maximum Gasteiger partial charge on any atom is 0.257 e. The molecule has 8 heteroatoms. The molecule has 3 rings (SSSR count). The van der Waals surface area contributed by atoms with Crippen LogP contribution < -0.4 is 25.0 Å². The molecule has 30 heavy (non-hydrogen) atoms. The van der Waals surface area contributed by atoms with E-state index in [0.717, 1.165) is 18.8 Å². The minimum atomic E-state index is -0.298. The van der Waals surface area contributed by atoms with Gasteiger partial charge in [-0.3, -0.25) is 9.59 Å². The average Bonchev–Trinajstić information content (AvgIpc) is 2.77. The molecular formula is C22H26ClN3O4. The van der Waals surface area contributed by atoms with Crippen molar-refractivity contribution in [1.29, 1.82) is 0 Å². The third-order valence-corrected chi connectivity index (χ3v) is 5.27. The van der Waals surface area contributed by atoms with E-state index in [-0.39, 0.29) is 18.4 Å². The van der Waals surface area contributed by atoms with E-state index in [1.54, 1.807) is 24.3 Å². The second-order valence-electron chi connectivity index (χ2n) is 7.00. The molecule has 0 aromatic heterocycles. The number of amides is 2. The van der Waals surface area contributed by atoms with E-state index in [2.05, 4.69) is 15.5 Å². The Bertz CT molecular complexity index is 913. The van der Waals surface area contributed by atoms with E-state index in [0.29, 0.717) is 27.8 Å². The molecule has 0 aliphatic carbocycles. The van der Waals surface area contributed by atoms with Crippen LogP contribution in [-0.4, -0.2) is 45.7 Å². The molecular weight excluding hydrogens is 406 g/mol. The first-order valence-corrected chi connectivity index (χ1v) is 10.3. The van der Waals surface area contributed by atoms with Crippen LogP contribution in [0.2, 0.25) is 5.02 Å². The fraction of sp³-hybridized carbons (Fsp3) is 0.364. The van der Waals surface area contributed by atoms with Crippen LogP contribution in [0.25, 0.3) is 0 Å². The zero-order valence-electron chi connectivity index (χ0n) is 17.2. The van der Waals surface area contributed by atoms with Gasteiger partial charge in [0.05, 0.1) is 17.8 Å². The largest absolute Gasteiger partial charge is 0.493 e. The molecule has 1 heterocycles. The molecule has 2 amide bonds. The molecule has 1 aliphatic rings. The number of anilines is 2. The molecule has 0 spiro atoms. The van der Waals surface area contributed by atoms with Gasteiger partial charge in [-0.05, 0) is 55.7 Å². The van der Waals surface area contributed by atoms with E-state index >= 15 is 0 Å². The summed E-state index contributed by atoms with van der Waals surface area (Å²) in [5.74, 6) is 0.188. The number of hydrogen-bond acceptors (Lipinski definition) is 5. The maximum absolute atomic E-state index is 12.7. The minimum absolute atomic E-state index is 0.139. The molecule has 1 aliphatic heterocycles. The number of hydrogen-bond donors (Lipinski definition) is 2. The number of ether oxygens (including phenoxy) is 2. The number of benzene rings is 2. The Labute approximate surface area is 181 Å². The quantitative estimate of drug-likeness (QED) is 0.698. The van der Waals surface area contributed by atoms with Gasteiger partial charge in [0.15, 0.2) is 18.1 Å². The summed E-state index contributed by atoms with van der Waals surface area (Å²) in [6.07, 6.45) is 3.58. The van der Waals surface area contributed by atoms with E-state index in [4.69, 9.17) is 21.1 Å². The SMILES string of the molecule is CNC(=O)COc1ccc(C(=O)Nc2ccc(N3CCCCC3)c(Cl)c2)cc1OC. The molecule has 7 nitrogen and oxygen atoms in total. The highest BCUT2D eigenvalue weighted by molar-refractivity contribution is 6.33. The average molecular weight is 432 g/mol. The Hall–Kier alpha value is -2.93. The van der Waals surface area contributed by atoms with Gasteiger partial charge in [0.1, 0.15) is 0 Å². The topological polar surface area (TPSA) is 79.9 Å². The van der Waals surface area contributed by atoms with E-state index < -0.39 is 0 Å². The summed E-state index contributed by atoms with van der Waals surface area (Å²) in [6.45, 7) is 1.86. The third-order valence-electron chi connectivity index (χ3n) is 4.97. The zero-order chi connectivity index (χ0) is 21.5. The molecule has 1 saturated heterocycles. The normalized spacial score (nSPS) is 13.5. The van der Waals surface area contributed by atoms with E-state index in [9.17, 15) is 9.59 Å². The highest BCUT2D eigenvalue weighted by Gasteiger charge is 2.16. The lowest BCUT2D eigenvalue weighted by Gasteiger charge is -2.29. The predicted molar refractivity (Wildman–Crippen MR) is 118 cm³/mol. The number of carbonyl (C=O) groups is 2. The first kappa shape index (κ1) is 21.8.